The van der Waals surface area contributed by atoms with Gasteiger partial charge in [0.15, 0.2) is 24.4 Å². The van der Waals surface area contributed by atoms with Crippen LogP contribution in [0.3, 0.4) is 0 Å². The minimum atomic E-state index is -5.81. The van der Waals surface area contributed by atoms with E-state index in [0.29, 0.717) is 21.1 Å². The van der Waals surface area contributed by atoms with Gasteiger partial charge in [-0.25, -0.2) is 46.6 Å². The largest absolute Gasteiger partial charge is 0.490 e. The molecule has 19 atom stereocenters. The molecule has 8 rings (SSSR count). The Kier molecular flexibility index (Phi) is 27.4. The van der Waals surface area contributed by atoms with Gasteiger partial charge in [0, 0.05) is 26.2 Å². The molecule has 26 N–H and O–H groups in total. The van der Waals surface area contributed by atoms with Gasteiger partial charge in [0.25, 0.3) is 0 Å². The number of hydrogen-bond donors (Lipinski definition) is 22. The molecule has 8 heterocycles. The van der Waals surface area contributed by atoms with Crippen LogP contribution in [0.25, 0.3) is 0 Å². The fraction of sp³-hybridized carbons (Fsp3) is 0.889. The number of rotatable bonds is 20. The zero-order chi connectivity index (χ0) is 73.2. The average molecular weight is 1550 g/mol. The van der Waals surface area contributed by atoms with Crippen molar-refractivity contribution in [2.45, 2.75) is 148 Å². The van der Waals surface area contributed by atoms with Crippen molar-refractivity contribution < 1.29 is 197 Å². The molecule has 8 aliphatic heterocycles. The van der Waals surface area contributed by atoms with Crippen LogP contribution in [0.4, 0.5) is 54.3 Å². The Hall–Kier alpha value is -3.22. The summed E-state index contributed by atoms with van der Waals surface area (Å²) >= 11 is 0. The molecule has 0 radical (unpaired) electrons. The van der Waals surface area contributed by atoms with Gasteiger partial charge < -0.3 is 133 Å². The molecule has 0 bridgehead atoms. The summed E-state index contributed by atoms with van der Waals surface area (Å²) in [6, 6.07) is -3.63. The first kappa shape index (κ1) is 83.4. The second-order valence-corrected chi connectivity index (χ2v) is 29.4. The first-order valence-corrected chi connectivity index (χ1v) is 35.6. The van der Waals surface area contributed by atoms with E-state index >= 15 is 0 Å². The Balaban J connectivity index is 0.000000235. The molecule has 8 saturated heterocycles. The number of nitrogens with zero attached hydrogens (tertiary/aromatic N) is 4. The van der Waals surface area contributed by atoms with Crippen LogP contribution in [0.2, 0.25) is 0 Å². The van der Waals surface area contributed by atoms with Crippen molar-refractivity contribution in [1.82, 2.24) is 40.9 Å². The summed E-state index contributed by atoms with van der Waals surface area (Å²) < 4.78 is 221. The van der Waals surface area contributed by atoms with Crippen LogP contribution in [0.1, 0.15) is 25.7 Å². The van der Waals surface area contributed by atoms with E-state index in [1.807, 2.05) is 0 Å². The maximum atomic E-state index is 14.3. The standard InChI is InChI=1S/C9H18F2N3O13P3.C9H17F2N3O10P2.C9H16F2N3O7P.C9H15F2N3O4/c10-9(11)6(15)4(25-7(9)14-2-1-5(12)13-8(14)16)3-24-29(20,21)27-30(22,23)26-28(17,18)19;10-9(11)6(15)4(3-22-26(20,21)24-25(17,18)19)23-7(9)14-2-1-5(12)13-8(14)16;10-9(11)6(15)4(3-20-22(17,18)19)21-7(9)14-2-1-5(12)13-8(14)16;10-9(11)6(16)4(3-15)18-7(9)14-2-1-5(12)13-8(14)17/h4-7,15H,1-3,12H2,(H,13,16)(H,20,21)(H,22,23)(H2,17,18,19);4-7,15H,1-3,12H2,(H,13,16)(H,20,21)(H2,17,18,19);4-7,15H,1-3,12H2,(H,13,16)(H2,17,18,19);4-7,15-16H,1-3,12H2,(H,13,17)/t4*4-,5?,6+,7-/m1111/s1. The van der Waals surface area contributed by atoms with Gasteiger partial charge in [0.2, 0.25) is 24.9 Å². The predicted octanol–water partition coefficient (Wildman–Crippen LogP) is -5.70. The maximum absolute atomic E-state index is 14.3. The molecule has 96 heavy (non-hydrogen) atoms. The Bertz CT molecular complexity index is 3050. The number of nitrogens with one attached hydrogen (secondary N) is 4. The Morgan fingerprint density at radius 1 is 0.396 bits per heavy atom. The summed E-state index contributed by atoms with van der Waals surface area (Å²) in [7, 11) is -32.7. The highest BCUT2D eigenvalue weighted by Crippen LogP contribution is 2.66. The summed E-state index contributed by atoms with van der Waals surface area (Å²) in [6.07, 6.45) is -27.3. The van der Waals surface area contributed by atoms with Gasteiger partial charge in [-0.05, 0) is 25.7 Å². The monoisotopic (exact) mass is 1550 g/mol. The van der Waals surface area contributed by atoms with E-state index in [2.05, 4.69) is 47.8 Å². The van der Waals surface area contributed by atoms with Gasteiger partial charge in [-0.3, -0.25) is 33.2 Å². The lowest BCUT2D eigenvalue weighted by atomic mass is 10.1. The minimum Gasteiger partial charge on any atom is -0.394 e. The maximum Gasteiger partial charge on any atom is 0.490 e. The van der Waals surface area contributed by atoms with Crippen LogP contribution in [-0.4, -0.2) is 288 Å². The summed E-state index contributed by atoms with van der Waals surface area (Å²) in [5, 5.41) is 56.1. The lowest BCUT2D eigenvalue weighted by Crippen LogP contribution is -2.61. The third-order valence-corrected chi connectivity index (χ3v) is 20.1. The average Bonchev–Trinajstić information content (AvgIpc) is 1.66. The van der Waals surface area contributed by atoms with Crippen LogP contribution in [-0.2, 0) is 72.8 Å². The molecular weight excluding hydrogens is 1480 g/mol. The van der Waals surface area contributed by atoms with Gasteiger partial charge in [0.1, 0.15) is 24.4 Å². The van der Waals surface area contributed by atoms with E-state index in [0.717, 1.165) is 4.90 Å². The molecule has 0 aromatic heterocycles. The highest BCUT2D eigenvalue weighted by Gasteiger charge is 2.66. The molecule has 0 aliphatic carbocycles. The number of phosphoric ester groups is 3. The SMILES string of the molecule is NC1CCN([C@@H]2O[C@H](CO)[C@H](O)C2(F)F)C(=O)N1.NC1CCN([C@@H]2O[C@H](COP(=O)(O)O)[C@H](O)C2(F)F)C(=O)N1.NC1CCN([C@@H]2O[C@H](COP(=O)(O)OP(=O)(O)O)[C@H](O)C2(F)F)C(=O)N1.NC1CCN([C@@H]2O[C@H](COP(=O)(O)OP(=O)(O)OP(=O)(O)O)[C@H](O)C2(F)F)C(=O)N1. The number of aliphatic hydroxyl groups excluding tert-OH is 5. The molecule has 8 aliphatic rings. The second kappa shape index (κ2) is 31.6. The molecule has 60 heteroatoms. The Labute approximate surface area is 531 Å². The van der Waals surface area contributed by atoms with Crippen molar-refractivity contribution in [3.8, 4) is 0 Å². The molecule has 0 aromatic carbocycles. The number of aliphatic hydroxyl groups is 5. The summed E-state index contributed by atoms with van der Waals surface area (Å²) in [5.41, 5.74) is 21.8. The van der Waals surface area contributed by atoms with E-state index in [9.17, 15) is 107 Å². The molecule has 46 nitrogen and oxygen atoms in total. The number of alkyl halides is 8. The van der Waals surface area contributed by atoms with E-state index in [-0.39, 0.29) is 45.4 Å². The third kappa shape index (κ3) is 21.9. The number of urea groups is 4. The first-order valence-electron chi connectivity index (χ1n) is 26.6. The minimum absolute atomic E-state index is 0.00186. The summed E-state index contributed by atoms with van der Waals surface area (Å²) in [6.45, 7) is -4.77. The lowest BCUT2D eigenvalue weighted by Gasteiger charge is -2.36. The summed E-state index contributed by atoms with van der Waals surface area (Å²) in [5.74, 6) is -15.5. The van der Waals surface area contributed by atoms with Crippen molar-refractivity contribution in [2.24, 2.45) is 22.9 Å². The van der Waals surface area contributed by atoms with E-state index < -0.39 is 220 Å². The zero-order valence-electron chi connectivity index (χ0n) is 48.0. The Morgan fingerprint density at radius 2 is 0.625 bits per heavy atom. The number of nitrogens with two attached hydrogens (primary N) is 4. The molecule has 560 valence electrons. The molecule has 8 fully saturated rings. The van der Waals surface area contributed by atoms with Gasteiger partial charge in [0.05, 0.1) is 51.1 Å². The third-order valence-electron chi connectivity index (χ3n) is 13.7. The van der Waals surface area contributed by atoms with Gasteiger partial charge in [-0.15, -0.1) is 0 Å². The molecule has 8 amide bonds. The normalized spacial score (nSPS) is 35.4. The van der Waals surface area contributed by atoms with Gasteiger partial charge in [-0.1, -0.05) is 0 Å². The van der Waals surface area contributed by atoms with E-state index in [1.165, 1.54) is 0 Å². The summed E-state index contributed by atoms with van der Waals surface area (Å²) in [4.78, 5) is 128. The number of carbonyl (C=O) groups is 4. The number of halogens is 8. The zero-order valence-corrected chi connectivity index (χ0v) is 53.3. The number of phosphoric acid groups is 6. The lowest BCUT2D eigenvalue weighted by molar-refractivity contribution is -0.157. The first-order chi connectivity index (χ1) is 43.6. The van der Waals surface area contributed by atoms with Crippen LogP contribution < -0.4 is 44.2 Å². The fourth-order valence-corrected chi connectivity index (χ4v) is 14.2. The molecule has 0 spiro atoms. The number of ether oxygens (including phenoxy) is 4. The van der Waals surface area contributed by atoms with Gasteiger partial charge >= 0.3 is 94.8 Å². The van der Waals surface area contributed by atoms with Crippen molar-refractivity contribution >= 4 is 71.1 Å². The number of carbonyl (C=O) groups excluding carboxylic acids is 4. The van der Waals surface area contributed by atoms with Crippen LogP contribution in [0.5, 0.6) is 0 Å². The van der Waals surface area contributed by atoms with Crippen LogP contribution in [0, 0.1) is 0 Å². The van der Waals surface area contributed by atoms with Crippen molar-refractivity contribution in [2.75, 3.05) is 52.6 Å². The topological polar surface area (TPSA) is 711 Å². The quantitative estimate of drug-likeness (QED) is 0.0399. The Morgan fingerprint density at radius 3 is 0.854 bits per heavy atom. The second-order valence-electron chi connectivity index (χ2n) is 20.9. The molecule has 7 unspecified atom stereocenters. The fourth-order valence-electron chi connectivity index (χ4n) is 9.19. The van der Waals surface area contributed by atoms with Crippen molar-refractivity contribution in [3.05, 3.63) is 0 Å². The van der Waals surface area contributed by atoms with E-state index in [4.69, 9.17) is 86.1 Å². The molecule has 0 saturated carbocycles. The van der Waals surface area contributed by atoms with Crippen molar-refractivity contribution in [1.29, 1.82) is 0 Å². The smallest absolute Gasteiger partial charge is 0.394 e. The van der Waals surface area contributed by atoms with Crippen molar-refractivity contribution in [3.63, 3.8) is 0 Å². The highest BCUT2D eigenvalue weighted by molar-refractivity contribution is 7.66. The number of amides is 8. The van der Waals surface area contributed by atoms with Crippen LogP contribution >= 0.6 is 46.9 Å². The molecule has 0 aromatic rings. The number of hydrogen-bond acceptors (Lipinski definition) is 29. The molecular formula is C36H66F8N12O34P6. The highest BCUT2D eigenvalue weighted by atomic mass is 31.3. The van der Waals surface area contributed by atoms with Gasteiger partial charge in [-0.2, -0.15) is 48.1 Å². The predicted molar refractivity (Wildman–Crippen MR) is 284 cm³/mol. The van der Waals surface area contributed by atoms with Crippen LogP contribution in [0.15, 0.2) is 0 Å². The van der Waals surface area contributed by atoms with E-state index in [1.54, 1.807) is 0 Å².